The van der Waals surface area contributed by atoms with Gasteiger partial charge in [-0.2, -0.15) is 0 Å². The van der Waals surface area contributed by atoms with Crippen LogP contribution in [-0.2, 0) is 4.74 Å². The van der Waals surface area contributed by atoms with Crippen LogP contribution in [-0.4, -0.2) is 30.1 Å². The lowest BCUT2D eigenvalue weighted by atomic mass is 10.2. The highest BCUT2D eigenvalue weighted by molar-refractivity contribution is 6.33. The second kappa shape index (κ2) is 6.42. The molecule has 6 heteroatoms. The molecule has 0 spiro atoms. The van der Waals surface area contributed by atoms with Gasteiger partial charge in [0.2, 0.25) is 0 Å². The monoisotopic (exact) mass is 257 g/mol. The zero-order chi connectivity index (χ0) is 12.8. The molecule has 1 amide bonds. The highest BCUT2D eigenvalue weighted by Crippen LogP contribution is 2.16. The summed E-state index contributed by atoms with van der Waals surface area (Å²) in [6, 6.07) is 1.45. The van der Waals surface area contributed by atoms with Crippen LogP contribution in [0.5, 0.6) is 0 Å². The van der Waals surface area contributed by atoms with Crippen molar-refractivity contribution < 1.29 is 9.53 Å². The van der Waals surface area contributed by atoms with Gasteiger partial charge in [0, 0.05) is 12.7 Å². The lowest BCUT2D eigenvalue weighted by molar-refractivity contribution is 0.0746. The van der Waals surface area contributed by atoms with Gasteiger partial charge in [-0.3, -0.25) is 4.79 Å². The number of hydrogen-bond acceptors (Lipinski definition) is 4. The molecule has 0 aliphatic carbocycles. The molecular formula is C11H16ClN3O2. The van der Waals surface area contributed by atoms with Crippen LogP contribution in [0.2, 0.25) is 5.02 Å². The number of rotatable bonds is 5. The Balaban J connectivity index is 2.49. The molecule has 0 aromatic carbocycles. The largest absolute Gasteiger partial charge is 0.384 e. The van der Waals surface area contributed by atoms with E-state index in [4.69, 9.17) is 22.1 Å². The number of halogens is 1. The van der Waals surface area contributed by atoms with Crippen LogP contribution in [0.25, 0.3) is 0 Å². The number of nitrogen functional groups attached to an aromatic ring is 1. The third kappa shape index (κ3) is 4.58. The Hall–Kier alpha value is -1.33. The molecule has 17 heavy (non-hydrogen) atoms. The predicted molar refractivity (Wildman–Crippen MR) is 67.1 cm³/mol. The first-order valence-corrected chi connectivity index (χ1v) is 5.69. The molecule has 1 rings (SSSR count). The van der Waals surface area contributed by atoms with Crippen molar-refractivity contribution in [2.24, 2.45) is 0 Å². The maximum Gasteiger partial charge on any atom is 0.253 e. The number of ether oxygens (including phenoxy) is 1. The van der Waals surface area contributed by atoms with Gasteiger partial charge in [-0.1, -0.05) is 11.6 Å². The number of hydrogen-bond donors (Lipinski definition) is 2. The van der Waals surface area contributed by atoms with E-state index in [0.29, 0.717) is 18.7 Å². The second-order valence-electron chi connectivity index (χ2n) is 3.76. The third-order valence-corrected chi connectivity index (χ3v) is 2.26. The summed E-state index contributed by atoms with van der Waals surface area (Å²) >= 11 is 5.84. The molecule has 94 valence electrons. The van der Waals surface area contributed by atoms with Gasteiger partial charge in [-0.05, 0) is 19.9 Å². The summed E-state index contributed by atoms with van der Waals surface area (Å²) in [5.41, 5.74) is 5.81. The first-order valence-electron chi connectivity index (χ1n) is 5.31. The zero-order valence-corrected chi connectivity index (χ0v) is 10.6. The number of nitrogens with two attached hydrogens (primary N) is 1. The topological polar surface area (TPSA) is 77.2 Å². The van der Waals surface area contributed by atoms with Crippen molar-refractivity contribution in [3.63, 3.8) is 0 Å². The highest BCUT2D eigenvalue weighted by atomic mass is 35.5. The van der Waals surface area contributed by atoms with Gasteiger partial charge in [0.15, 0.2) is 0 Å². The number of pyridine rings is 1. The first-order chi connectivity index (χ1) is 8.00. The Morgan fingerprint density at radius 1 is 1.65 bits per heavy atom. The van der Waals surface area contributed by atoms with Gasteiger partial charge in [0.1, 0.15) is 5.82 Å². The van der Waals surface area contributed by atoms with Crippen LogP contribution in [0, 0.1) is 0 Å². The fraction of sp³-hybridized carbons (Fsp3) is 0.455. The minimum absolute atomic E-state index is 0.145. The summed E-state index contributed by atoms with van der Waals surface area (Å²) in [5, 5.41) is 2.97. The number of aromatic nitrogens is 1. The standard InChI is InChI=1S/C11H16ClN3O2/c1-7(2)17-4-3-14-11(16)8-5-10(13)15-6-9(8)12/h5-7H,3-4H2,1-2H3,(H2,13,15)(H,14,16). The van der Waals surface area contributed by atoms with Crippen LogP contribution in [0.15, 0.2) is 12.3 Å². The fourth-order valence-electron chi connectivity index (χ4n) is 1.18. The molecular weight excluding hydrogens is 242 g/mol. The van der Waals surface area contributed by atoms with Crippen molar-refractivity contribution in [1.29, 1.82) is 0 Å². The first kappa shape index (κ1) is 13.7. The van der Waals surface area contributed by atoms with Gasteiger partial charge >= 0.3 is 0 Å². The van der Waals surface area contributed by atoms with E-state index >= 15 is 0 Å². The predicted octanol–water partition coefficient (Wildman–Crippen LogP) is 1.47. The minimum atomic E-state index is -0.281. The Morgan fingerprint density at radius 2 is 2.35 bits per heavy atom. The summed E-state index contributed by atoms with van der Waals surface area (Å²) in [7, 11) is 0. The van der Waals surface area contributed by atoms with Gasteiger partial charge in [-0.15, -0.1) is 0 Å². The maximum atomic E-state index is 11.7. The third-order valence-electron chi connectivity index (χ3n) is 1.96. The van der Waals surface area contributed by atoms with Crippen molar-refractivity contribution in [2.45, 2.75) is 20.0 Å². The van der Waals surface area contributed by atoms with Gasteiger partial charge < -0.3 is 15.8 Å². The fourth-order valence-corrected chi connectivity index (χ4v) is 1.37. The molecule has 0 fully saturated rings. The second-order valence-corrected chi connectivity index (χ2v) is 4.17. The summed E-state index contributed by atoms with van der Waals surface area (Å²) in [6.45, 7) is 4.75. The average molecular weight is 258 g/mol. The van der Waals surface area contributed by atoms with Crippen LogP contribution >= 0.6 is 11.6 Å². The minimum Gasteiger partial charge on any atom is -0.384 e. The lowest BCUT2D eigenvalue weighted by Crippen LogP contribution is -2.28. The number of carbonyl (C=O) groups excluding carboxylic acids is 1. The molecule has 5 nitrogen and oxygen atoms in total. The molecule has 0 unspecified atom stereocenters. The highest BCUT2D eigenvalue weighted by Gasteiger charge is 2.10. The zero-order valence-electron chi connectivity index (χ0n) is 9.87. The Labute approximate surface area is 105 Å². The van der Waals surface area contributed by atoms with Crippen molar-refractivity contribution in [3.8, 4) is 0 Å². The normalized spacial score (nSPS) is 10.6. The molecule has 0 atom stereocenters. The molecule has 0 aliphatic heterocycles. The van der Waals surface area contributed by atoms with Gasteiger partial charge in [0.25, 0.3) is 5.91 Å². The Bertz CT molecular complexity index is 396. The van der Waals surface area contributed by atoms with Crippen LogP contribution in [0.3, 0.4) is 0 Å². The van der Waals surface area contributed by atoms with Crippen molar-refractivity contribution >= 4 is 23.3 Å². The summed E-state index contributed by atoms with van der Waals surface area (Å²) in [5.74, 6) is -0.0190. The smallest absolute Gasteiger partial charge is 0.253 e. The number of anilines is 1. The summed E-state index contributed by atoms with van der Waals surface area (Å²) in [4.78, 5) is 15.5. The molecule has 0 saturated heterocycles. The van der Waals surface area contributed by atoms with Crippen molar-refractivity contribution in [2.75, 3.05) is 18.9 Å². The summed E-state index contributed by atoms with van der Waals surface area (Å²) < 4.78 is 5.30. The van der Waals surface area contributed by atoms with Gasteiger partial charge in [0.05, 0.1) is 23.3 Å². The van der Waals surface area contributed by atoms with Crippen LogP contribution < -0.4 is 11.1 Å². The molecule has 1 heterocycles. The molecule has 0 saturated carbocycles. The molecule has 3 N–H and O–H groups in total. The number of nitrogens with zero attached hydrogens (tertiary/aromatic N) is 1. The molecule has 0 aliphatic rings. The molecule has 1 aromatic rings. The lowest BCUT2D eigenvalue weighted by Gasteiger charge is -2.09. The average Bonchev–Trinajstić information content (AvgIpc) is 2.27. The summed E-state index contributed by atoms with van der Waals surface area (Å²) in [6.07, 6.45) is 1.50. The van der Waals surface area contributed by atoms with E-state index in [1.54, 1.807) is 0 Å². The SMILES string of the molecule is CC(C)OCCNC(=O)c1cc(N)ncc1Cl. The van der Waals surface area contributed by atoms with Crippen molar-refractivity contribution in [1.82, 2.24) is 10.3 Å². The van der Waals surface area contributed by atoms with E-state index in [0.717, 1.165) is 0 Å². The number of carbonyl (C=O) groups is 1. The van der Waals surface area contributed by atoms with E-state index in [1.807, 2.05) is 13.8 Å². The van der Waals surface area contributed by atoms with E-state index < -0.39 is 0 Å². The van der Waals surface area contributed by atoms with Crippen LogP contribution in [0.4, 0.5) is 5.82 Å². The molecule has 0 bridgehead atoms. The number of amides is 1. The van der Waals surface area contributed by atoms with Crippen LogP contribution in [0.1, 0.15) is 24.2 Å². The Kier molecular flexibility index (Phi) is 5.18. The Morgan fingerprint density at radius 3 is 3.00 bits per heavy atom. The quantitative estimate of drug-likeness (QED) is 0.783. The van der Waals surface area contributed by atoms with E-state index in [1.165, 1.54) is 12.3 Å². The molecule has 0 radical (unpaired) electrons. The van der Waals surface area contributed by atoms with Gasteiger partial charge in [-0.25, -0.2) is 4.98 Å². The maximum absolute atomic E-state index is 11.7. The van der Waals surface area contributed by atoms with E-state index in [2.05, 4.69) is 10.3 Å². The molecule has 1 aromatic heterocycles. The van der Waals surface area contributed by atoms with E-state index in [9.17, 15) is 4.79 Å². The van der Waals surface area contributed by atoms with Crippen molar-refractivity contribution in [3.05, 3.63) is 22.8 Å². The number of nitrogens with one attached hydrogen (secondary N) is 1. The van der Waals surface area contributed by atoms with E-state index in [-0.39, 0.29) is 22.9 Å².